The van der Waals surface area contributed by atoms with E-state index in [4.69, 9.17) is 0 Å². The third kappa shape index (κ3) is 2.31. The van der Waals surface area contributed by atoms with E-state index in [-0.39, 0.29) is 0 Å². The summed E-state index contributed by atoms with van der Waals surface area (Å²) in [6.07, 6.45) is 5.09. The van der Waals surface area contributed by atoms with E-state index < -0.39 is 0 Å². The molecule has 0 amide bonds. The van der Waals surface area contributed by atoms with Gasteiger partial charge in [-0.25, -0.2) is 0 Å². The van der Waals surface area contributed by atoms with Crippen molar-refractivity contribution in [2.45, 2.75) is 20.3 Å². The third-order valence-corrected chi connectivity index (χ3v) is 1.65. The van der Waals surface area contributed by atoms with Crippen molar-refractivity contribution in [2.75, 3.05) is 0 Å². The van der Waals surface area contributed by atoms with Gasteiger partial charge in [0, 0.05) is 19.4 Å². The first-order valence-electron chi connectivity index (χ1n) is 4.65. The van der Waals surface area contributed by atoms with Gasteiger partial charge in [0.25, 0.3) is 0 Å². The largest absolute Gasteiger partial charge is 0.349 e. The number of aromatic nitrogens is 2. The molecule has 2 heteroatoms. The van der Waals surface area contributed by atoms with Crippen molar-refractivity contribution >= 4 is 0 Å². The van der Waals surface area contributed by atoms with Gasteiger partial charge in [-0.1, -0.05) is 20.3 Å². The van der Waals surface area contributed by atoms with Gasteiger partial charge in [0.2, 0.25) is 0 Å². The van der Waals surface area contributed by atoms with E-state index in [0.717, 1.165) is 5.69 Å². The van der Waals surface area contributed by atoms with Gasteiger partial charge in [-0.2, -0.15) is 0 Å². The topological polar surface area (TPSA) is 17.8 Å². The van der Waals surface area contributed by atoms with Crippen LogP contribution in [0, 0.1) is 0 Å². The second kappa shape index (κ2) is 4.65. The van der Waals surface area contributed by atoms with Crippen molar-refractivity contribution in [1.29, 1.82) is 0 Å². The van der Waals surface area contributed by atoms with Crippen LogP contribution in [0.1, 0.15) is 20.3 Å². The molecule has 0 saturated carbocycles. The number of pyridine rings is 1. The molecule has 0 aromatic carbocycles. The fourth-order valence-electron chi connectivity index (χ4n) is 1.11. The van der Waals surface area contributed by atoms with Crippen LogP contribution in [-0.4, -0.2) is 9.55 Å². The van der Waals surface area contributed by atoms with E-state index >= 15 is 0 Å². The molecule has 0 aromatic rings. The van der Waals surface area contributed by atoms with Gasteiger partial charge in [-0.05, 0) is 18.2 Å². The van der Waals surface area contributed by atoms with Gasteiger partial charge in [0.15, 0.2) is 0 Å². The van der Waals surface area contributed by atoms with Gasteiger partial charge in [0.1, 0.15) is 0 Å². The Balaban J connectivity index is 0.000000251. The SMILES string of the molecule is CCC.Cn1cccc2nccc1-2. The first kappa shape index (κ1) is 9.78. The minimum absolute atomic E-state index is 1.06. The van der Waals surface area contributed by atoms with E-state index in [9.17, 15) is 0 Å². The first-order chi connectivity index (χ1) is 6.29. The van der Waals surface area contributed by atoms with Crippen LogP contribution in [0.3, 0.4) is 0 Å². The molecule has 2 heterocycles. The van der Waals surface area contributed by atoms with Crippen LogP contribution in [0.5, 0.6) is 0 Å². The van der Waals surface area contributed by atoms with Crippen LogP contribution in [0.15, 0.2) is 30.6 Å². The van der Waals surface area contributed by atoms with E-state index in [2.05, 4.69) is 23.4 Å². The highest BCUT2D eigenvalue weighted by molar-refractivity contribution is 5.56. The van der Waals surface area contributed by atoms with Gasteiger partial charge in [0.05, 0.1) is 11.4 Å². The number of nitrogens with zero attached hydrogens (tertiary/aromatic N) is 2. The number of fused-ring (bicyclic) bond motifs is 1. The number of hydrogen-bond donors (Lipinski definition) is 0. The molecule has 0 radical (unpaired) electrons. The fourth-order valence-corrected chi connectivity index (χ4v) is 1.11. The maximum absolute atomic E-state index is 4.16. The van der Waals surface area contributed by atoms with Crippen molar-refractivity contribution in [3.63, 3.8) is 0 Å². The second-order valence-electron chi connectivity index (χ2n) is 3.04. The summed E-state index contributed by atoms with van der Waals surface area (Å²) in [5.41, 5.74) is 2.24. The fraction of sp³-hybridized carbons (Fsp3) is 0.364. The highest BCUT2D eigenvalue weighted by atomic mass is 14.9. The molecule has 0 saturated heterocycles. The summed E-state index contributed by atoms with van der Waals surface area (Å²) >= 11 is 0. The van der Waals surface area contributed by atoms with Crippen molar-refractivity contribution < 1.29 is 0 Å². The average Bonchev–Trinajstić information content (AvgIpc) is 2.54. The lowest BCUT2D eigenvalue weighted by Gasteiger charge is -2.03. The van der Waals surface area contributed by atoms with Crippen molar-refractivity contribution in [2.24, 2.45) is 7.05 Å². The van der Waals surface area contributed by atoms with Crippen LogP contribution < -0.4 is 0 Å². The Morgan fingerprint density at radius 3 is 2.62 bits per heavy atom. The molecule has 2 rings (SSSR count). The normalized spacial score (nSPS) is 9.46. The Bertz CT molecular complexity index is 325. The molecular formula is C11H16N2. The van der Waals surface area contributed by atoms with E-state index in [1.165, 1.54) is 12.1 Å². The molecular weight excluding hydrogens is 160 g/mol. The van der Waals surface area contributed by atoms with E-state index in [0.29, 0.717) is 0 Å². The molecule has 0 spiro atoms. The minimum Gasteiger partial charge on any atom is -0.349 e. The Kier molecular flexibility index (Phi) is 3.50. The van der Waals surface area contributed by atoms with Crippen LogP contribution in [0.2, 0.25) is 0 Å². The Labute approximate surface area is 79.6 Å². The summed E-state index contributed by atoms with van der Waals surface area (Å²) in [5, 5.41) is 0. The van der Waals surface area contributed by atoms with Crippen LogP contribution >= 0.6 is 0 Å². The lowest BCUT2D eigenvalue weighted by atomic mass is 10.3. The van der Waals surface area contributed by atoms with E-state index in [1.54, 1.807) is 0 Å². The van der Waals surface area contributed by atoms with E-state index in [1.807, 2.05) is 37.6 Å². The van der Waals surface area contributed by atoms with Gasteiger partial charge < -0.3 is 4.57 Å². The Morgan fingerprint density at radius 2 is 2.00 bits per heavy atom. The summed E-state index contributed by atoms with van der Waals surface area (Å²) in [6, 6.07) is 6.01. The van der Waals surface area contributed by atoms with Crippen LogP contribution in [0.4, 0.5) is 0 Å². The maximum atomic E-state index is 4.16. The number of rotatable bonds is 0. The molecule has 0 bridgehead atoms. The highest BCUT2D eigenvalue weighted by Crippen LogP contribution is 2.16. The monoisotopic (exact) mass is 176 g/mol. The summed E-state index contributed by atoms with van der Waals surface area (Å²) in [5.74, 6) is 0. The van der Waals surface area contributed by atoms with Crippen molar-refractivity contribution in [3.8, 4) is 11.4 Å². The molecule has 0 aliphatic carbocycles. The molecule has 0 aromatic heterocycles. The second-order valence-corrected chi connectivity index (χ2v) is 3.04. The van der Waals surface area contributed by atoms with Crippen LogP contribution in [-0.2, 0) is 7.05 Å². The molecule has 0 atom stereocenters. The lowest BCUT2D eigenvalue weighted by molar-refractivity contribution is 0.913. The zero-order valence-corrected chi connectivity index (χ0v) is 8.49. The predicted molar refractivity (Wildman–Crippen MR) is 55.8 cm³/mol. The van der Waals surface area contributed by atoms with Gasteiger partial charge >= 0.3 is 0 Å². The smallest absolute Gasteiger partial charge is 0.0867 e. The summed E-state index contributed by atoms with van der Waals surface area (Å²) in [6.45, 7) is 4.25. The average molecular weight is 176 g/mol. The molecule has 0 N–H and O–H groups in total. The van der Waals surface area contributed by atoms with Crippen molar-refractivity contribution in [3.05, 3.63) is 30.6 Å². The maximum Gasteiger partial charge on any atom is 0.0867 e. The Hall–Kier alpha value is -1.31. The number of aryl methyl sites for hydroxylation is 1. The zero-order chi connectivity index (χ0) is 9.68. The summed E-state index contributed by atoms with van der Waals surface area (Å²) in [7, 11) is 2.02. The Morgan fingerprint density at radius 1 is 1.31 bits per heavy atom. The molecule has 2 aliphatic heterocycles. The highest BCUT2D eigenvalue weighted by Gasteiger charge is 2.02. The molecule has 2 nitrogen and oxygen atoms in total. The quantitative estimate of drug-likeness (QED) is 0.603. The van der Waals surface area contributed by atoms with Gasteiger partial charge in [-0.15, -0.1) is 0 Å². The van der Waals surface area contributed by atoms with Gasteiger partial charge in [-0.3, -0.25) is 4.98 Å². The molecule has 13 heavy (non-hydrogen) atoms. The van der Waals surface area contributed by atoms with Crippen LogP contribution in [0.25, 0.3) is 11.4 Å². The summed E-state index contributed by atoms with van der Waals surface area (Å²) < 4.78 is 2.06. The lowest BCUT2D eigenvalue weighted by Crippen LogP contribution is -1.93. The molecule has 0 unspecified atom stereocenters. The zero-order valence-electron chi connectivity index (χ0n) is 8.49. The predicted octanol–water partition coefficient (Wildman–Crippen LogP) is 2.94. The minimum atomic E-state index is 1.06. The third-order valence-electron chi connectivity index (χ3n) is 1.65. The molecule has 2 aliphatic rings. The first-order valence-corrected chi connectivity index (χ1v) is 4.65. The molecule has 70 valence electrons. The summed E-state index contributed by atoms with van der Waals surface area (Å²) in [4.78, 5) is 4.16. The number of hydrogen-bond acceptors (Lipinski definition) is 1. The standard InChI is InChI=1S/C8H8N2.C3H8/c1-10-6-2-3-7-8(10)4-5-9-7;1-3-2/h2-6H,1H3;3H2,1-2H3. The van der Waals surface area contributed by atoms with Crippen molar-refractivity contribution in [1.82, 2.24) is 9.55 Å². The molecule has 0 fully saturated rings.